The topological polar surface area (TPSA) is 161 Å². The molecule has 2 aromatic rings. The molecule has 39 heavy (non-hydrogen) atoms. The van der Waals surface area contributed by atoms with Gasteiger partial charge in [0.15, 0.2) is 11.4 Å². The first-order valence-electron chi connectivity index (χ1n) is 12.5. The van der Waals surface area contributed by atoms with Crippen LogP contribution in [0, 0.1) is 17.8 Å². The summed E-state index contributed by atoms with van der Waals surface area (Å²) in [6, 6.07) is 9.87. The van der Waals surface area contributed by atoms with Crippen LogP contribution in [0.5, 0.6) is 5.75 Å². The minimum absolute atomic E-state index is 0.0634. The minimum Gasteiger partial charge on any atom is -0.507 e. The number of likely N-dealkylation sites (N-methyl/N-ethyl adjacent to an activating group) is 1. The Hall–Kier alpha value is -3.31. The van der Waals surface area contributed by atoms with Crippen molar-refractivity contribution in [2.24, 2.45) is 23.5 Å². The van der Waals surface area contributed by atoms with E-state index in [0.717, 1.165) is 15.6 Å². The van der Waals surface area contributed by atoms with Gasteiger partial charge in [0.2, 0.25) is 11.7 Å². The second-order valence-corrected chi connectivity index (χ2v) is 11.6. The summed E-state index contributed by atoms with van der Waals surface area (Å²) in [5.41, 5.74) is 4.91. The molecular formula is C29H29BrN2O7. The molecule has 9 nitrogen and oxygen atoms in total. The highest BCUT2D eigenvalue weighted by Crippen LogP contribution is 2.52. The number of amides is 1. The van der Waals surface area contributed by atoms with Gasteiger partial charge in [-0.2, -0.15) is 0 Å². The van der Waals surface area contributed by atoms with Gasteiger partial charge >= 0.3 is 0 Å². The summed E-state index contributed by atoms with van der Waals surface area (Å²) >= 11 is 3.41. The lowest BCUT2D eigenvalue weighted by Gasteiger charge is -2.53. The lowest BCUT2D eigenvalue weighted by molar-refractivity contribution is -0.184. The lowest BCUT2D eigenvalue weighted by atomic mass is 9.54. The molecule has 2 unspecified atom stereocenters. The molecular weight excluding hydrogens is 568 g/mol. The summed E-state index contributed by atoms with van der Waals surface area (Å²) < 4.78 is 0.940. The molecule has 6 atom stereocenters. The average molecular weight is 597 g/mol. The van der Waals surface area contributed by atoms with E-state index in [2.05, 4.69) is 15.9 Å². The molecule has 2 saturated carbocycles. The Morgan fingerprint density at radius 1 is 1.10 bits per heavy atom. The number of phenols is 1. The van der Waals surface area contributed by atoms with Crippen molar-refractivity contribution in [1.29, 1.82) is 0 Å². The zero-order chi connectivity index (χ0) is 28.4. The number of halogens is 1. The number of hydrogen-bond acceptors (Lipinski definition) is 8. The number of ketones is 2. The third-order valence-corrected chi connectivity index (χ3v) is 8.86. The number of benzene rings is 2. The number of phenolic OH excluding ortho intramolecular Hbond substituents is 1. The number of Topliss-reactive ketones (excluding diaryl/α,β-unsaturated/α-hetero) is 2. The number of primary amides is 1. The van der Waals surface area contributed by atoms with E-state index in [1.165, 1.54) is 6.07 Å². The fourth-order valence-corrected chi connectivity index (χ4v) is 6.81. The number of carbonyl (C=O) groups excluding carboxylic acids is 3. The number of fused-ring (bicyclic) bond motifs is 3. The Labute approximate surface area is 233 Å². The Morgan fingerprint density at radius 3 is 2.38 bits per heavy atom. The summed E-state index contributed by atoms with van der Waals surface area (Å²) in [6.07, 6.45) is 2.54. The third-order valence-electron chi connectivity index (χ3n) is 8.33. The van der Waals surface area contributed by atoms with E-state index in [-0.39, 0.29) is 29.7 Å². The number of aliphatic hydroxyl groups is 3. The third kappa shape index (κ3) is 4.13. The molecule has 0 saturated heterocycles. The SMILES string of the molecule is CN(C)[C@H]1C(O)C(C(N)=O)C(=O)[C@]2(O)C(=O)C3=C(O)c4c(O)ccc(/C=C/c5ccc(Br)cc5)c4C[C@@H]3C[C@H]12. The normalized spacial score (nSPS) is 30.4. The number of rotatable bonds is 4. The molecule has 6 N–H and O–H groups in total. The molecule has 0 bridgehead atoms. The van der Waals surface area contributed by atoms with Gasteiger partial charge in [0.25, 0.3) is 0 Å². The molecule has 204 valence electrons. The molecule has 0 aliphatic heterocycles. The van der Waals surface area contributed by atoms with Crippen LogP contribution in [-0.4, -0.2) is 74.6 Å². The van der Waals surface area contributed by atoms with Crippen LogP contribution in [0.25, 0.3) is 17.9 Å². The summed E-state index contributed by atoms with van der Waals surface area (Å²) in [5.74, 6) is -7.56. The van der Waals surface area contributed by atoms with E-state index in [1.54, 1.807) is 25.1 Å². The van der Waals surface area contributed by atoms with Crippen molar-refractivity contribution in [1.82, 2.24) is 4.90 Å². The molecule has 3 aliphatic rings. The van der Waals surface area contributed by atoms with Gasteiger partial charge < -0.3 is 31.1 Å². The highest BCUT2D eigenvalue weighted by molar-refractivity contribution is 9.10. The first-order valence-corrected chi connectivity index (χ1v) is 13.3. The average Bonchev–Trinajstić information content (AvgIpc) is 2.86. The number of aliphatic hydroxyl groups excluding tert-OH is 2. The Balaban J connectivity index is 1.63. The van der Waals surface area contributed by atoms with Crippen molar-refractivity contribution < 1.29 is 34.8 Å². The van der Waals surface area contributed by atoms with Gasteiger partial charge in [0.1, 0.15) is 17.4 Å². The summed E-state index contributed by atoms with van der Waals surface area (Å²) in [6.45, 7) is 0. The van der Waals surface area contributed by atoms with Crippen LogP contribution in [0.2, 0.25) is 0 Å². The molecule has 0 radical (unpaired) electrons. The highest BCUT2D eigenvalue weighted by Gasteiger charge is 2.67. The van der Waals surface area contributed by atoms with Gasteiger partial charge in [0, 0.05) is 22.0 Å². The van der Waals surface area contributed by atoms with Crippen molar-refractivity contribution in [3.63, 3.8) is 0 Å². The van der Waals surface area contributed by atoms with E-state index < -0.39 is 58.7 Å². The number of nitrogens with two attached hydrogens (primary N) is 1. The maximum Gasteiger partial charge on any atom is 0.230 e. The van der Waals surface area contributed by atoms with Crippen molar-refractivity contribution >= 4 is 51.3 Å². The maximum atomic E-state index is 13.9. The van der Waals surface area contributed by atoms with Crippen LogP contribution >= 0.6 is 15.9 Å². The lowest BCUT2D eigenvalue weighted by Crippen LogP contribution is -2.73. The number of carbonyl (C=O) groups is 3. The zero-order valence-corrected chi connectivity index (χ0v) is 22.9. The van der Waals surface area contributed by atoms with E-state index in [9.17, 15) is 34.8 Å². The Bertz CT molecular complexity index is 1450. The van der Waals surface area contributed by atoms with Gasteiger partial charge in [-0.15, -0.1) is 0 Å². The smallest absolute Gasteiger partial charge is 0.230 e. The van der Waals surface area contributed by atoms with Crippen LogP contribution in [0.3, 0.4) is 0 Å². The molecule has 3 aliphatic carbocycles. The van der Waals surface area contributed by atoms with Crippen LogP contribution in [0.15, 0.2) is 46.4 Å². The van der Waals surface area contributed by atoms with Crippen LogP contribution in [0.1, 0.15) is 28.7 Å². The second-order valence-electron chi connectivity index (χ2n) is 10.7. The predicted molar refractivity (Wildman–Crippen MR) is 147 cm³/mol. The fourth-order valence-electron chi connectivity index (χ4n) is 6.54. The zero-order valence-electron chi connectivity index (χ0n) is 21.3. The molecule has 0 heterocycles. The van der Waals surface area contributed by atoms with Gasteiger partial charge in [0.05, 0.1) is 11.7 Å². The maximum absolute atomic E-state index is 13.9. The van der Waals surface area contributed by atoms with E-state index in [4.69, 9.17) is 5.73 Å². The number of aromatic hydroxyl groups is 1. The highest BCUT2D eigenvalue weighted by atomic mass is 79.9. The molecule has 2 aromatic carbocycles. The Kier molecular flexibility index (Phi) is 6.79. The van der Waals surface area contributed by atoms with E-state index in [1.807, 2.05) is 36.4 Å². The van der Waals surface area contributed by atoms with Crippen LogP contribution < -0.4 is 5.73 Å². The molecule has 1 amide bonds. The fraction of sp³-hybridized carbons (Fsp3) is 0.345. The van der Waals surface area contributed by atoms with Gasteiger partial charge in [-0.05, 0) is 67.7 Å². The molecule has 0 aromatic heterocycles. The van der Waals surface area contributed by atoms with Gasteiger partial charge in [-0.3, -0.25) is 14.4 Å². The largest absolute Gasteiger partial charge is 0.507 e. The van der Waals surface area contributed by atoms with E-state index in [0.29, 0.717) is 5.56 Å². The second kappa shape index (κ2) is 9.71. The van der Waals surface area contributed by atoms with Gasteiger partial charge in [-0.1, -0.05) is 46.3 Å². The summed E-state index contributed by atoms with van der Waals surface area (Å²) in [4.78, 5) is 41.0. The minimum atomic E-state index is -2.67. The summed E-state index contributed by atoms with van der Waals surface area (Å²) in [5, 5.41) is 44.7. The number of nitrogens with zero attached hydrogens (tertiary/aromatic N) is 1. The quantitative estimate of drug-likeness (QED) is 0.265. The van der Waals surface area contributed by atoms with Crippen molar-refractivity contribution in [3.05, 3.63) is 68.7 Å². The van der Waals surface area contributed by atoms with Crippen molar-refractivity contribution in [3.8, 4) is 5.75 Å². The van der Waals surface area contributed by atoms with Gasteiger partial charge in [-0.25, -0.2) is 0 Å². The monoisotopic (exact) mass is 596 g/mol. The Morgan fingerprint density at radius 2 is 1.77 bits per heavy atom. The molecule has 10 heteroatoms. The number of hydrogen-bond donors (Lipinski definition) is 5. The van der Waals surface area contributed by atoms with Crippen molar-refractivity contribution in [2.45, 2.75) is 30.6 Å². The standard InChI is InChI=1S/C29H29BrN2O7/c1-32(2)23-18-12-15-11-17-14(6-3-13-4-8-16(30)9-5-13)7-10-19(33)21(17)24(34)20(15)26(36)29(18,39)27(37)22(25(23)35)28(31)38/h3-10,15,18,22-23,25,33-35,39H,11-12H2,1-2H3,(H2,31,38)/b6-3+/t15-,18-,22?,23-,25?,29-/m1/s1. The summed E-state index contributed by atoms with van der Waals surface area (Å²) in [7, 11) is 3.24. The van der Waals surface area contributed by atoms with Crippen molar-refractivity contribution in [2.75, 3.05) is 14.1 Å². The molecule has 5 rings (SSSR count). The van der Waals surface area contributed by atoms with E-state index >= 15 is 0 Å². The first-order chi connectivity index (χ1) is 18.4. The first kappa shape index (κ1) is 27.3. The molecule has 2 fully saturated rings. The molecule has 0 spiro atoms. The van der Waals surface area contributed by atoms with Crippen LogP contribution in [0.4, 0.5) is 0 Å². The predicted octanol–water partition coefficient (Wildman–Crippen LogP) is 2.06. The van der Waals surface area contributed by atoms with Crippen LogP contribution in [-0.2, 0) is 20.8 Å².